The minimum absolute atomic E-state index is 0.0420. The van der Waals surface area contributed by atoms with Gasteiger partial charge in [-0.15, -0.1) is 0 Å². The van der Waals surface area contributed by atoms with Gasteiger partial charge in [0.25, 0.3) is 11.5 Å². The van der Waals surface area contributed by atoms with E-state index in [0.717, 1.165) is 9.13 Å². The van der Waals surface area contributed by atoms with Gasteiger partial charge in [0.05, 0.1) is 0 Å². The molecule has 0 bridgehead atoms. The molecule has 0 fully saturated rings. The fourth-order valence-electron chi connectivity index (χ4n) is 2.19. The van der Waals surface area contributed by atoms with Crippen LogP contribution in [0.1, 0.15) is 5.69 Å². The summed E-state index contributed by atoms with van der Waals surface area (Å²) in [4.78, 5) is 47.3. The van der Waals surface area contributed by atoms with Crippen LogP contribution in [-0.4, -0.2) is 32.7 Å². The van der Waals surface area contributed by atoms with Crippen molar-refractivity contribution in [1.29, 1.82) is 0 Å². The normalized spacial score (nSPS) is 10.4. The third kappa shape index (κ3) is 4.31. The van der Waals surface area contributed by atoms with Gasteiger partial charge in [0, 0.05) is 17.8 Å². The van der Waals surface area contributed by atoms with Crippen molar-refractivity contribution in [2.75, 3.05) is 11.9 Å². The molecule has 1 heterocycles. The van der Waals surface area contributed by atoms with E-state index in [0.29, 0.717) is 10.8 Å². The van der Waals surface area contributed by atoms with E-state index in [2.05, 4.69) is 5.32 Å². The molecule has 1 amide bonds. The first-order valence-corrected chi connectivity index (χ1v) is 7.79. The Kier molecular flexibility index (Phi) is 5.83. The zero-order valence-corrected chi connectivity index (χ0v) is 14.7. The lowest BCUT2D eigenvalue weighted by molar-refractivity contribution is -0.137. The van der Waals surface area contributed by atoms with Crippen LogP contribution >= 0.6 is 11.6 Å². The fraction of sp³-hybridized carbons (Fsp3) is 0.250. The molecule has 2 rings (SSSR count). The smallest absolute Gasteiger partial charge is 0.331 e. The van der Waals surface area contributed by atoms with Gasteiger partial charge in [-0.05, 0) is 31.2 Å². The Hall–Kier alpha value is -3.07. The third-order valence-electron chi connectivity index (χ3n) is 3.54. The molecule has 26 heavy (non-hydrogen) atoms. The van der Waals surface area contributed by atoms with Crippen molar-refractivity contribution in [3.63, 3.8) is 0 Å². The molecule has 1 aromatic heterocycles. The third-order valence-corrected chi connectivity index (χ3v) is 3.80. The van der Waals surface area contributed by atoms with Crippen LogP contribution in [0.2, 0.25) is 5.02 Å². The lowest BCUT2D eigenvalue weighted by Gasteiger charge is -2.15. The number of aromatic nitrogens is 2. The topological polar surface area (TPSA) is 120 Å². The van der Waals surface area contributed by atoms with E-state index < -0.39 is 29.7 Å². The molecule has 0 unspecified atom stereocenters. The average molecular weight is 382 g/mol. The van der Waals surface area contributed by atoms with Crippen LogP contribution in [0.4, 0.5) is 5.69 Å². The first-order valence-electron chi connectivity index (χ1n) is 7.41. The number of halogens is 1. The number of amides is 1. The summed E-state index contributed by atoms with van der Waals surface area (Å²) in [5.41, 5.74) is -1.67. The van der Waals surface area contributed by atoms with Crippen molar-refractivity contribution in [3.8, 4) is 5.75 Å². The van der Waals surface area contributed by atoms with Gasteiger partial charge < -0.3 is 15.2 Å². The van der Waals surface area contributed by atoms with Crippen LogP contribution in [0.3, 0.4) is 0 Å². The Morgan fingerprint density at radius 3 is 2.42 bits per heavy atom. The zero-order valence-electron chi connectivity index (χ0n) is 14.0. The number of carbonyl (C=O) groups is 2. The average Bonchev–Trinajstić information content (AvgIpc) is 2.60. The molecular weight excluding hydrogens is 366 g/mol. The first kappa shape index (κ1) is 19.3. The maximum Gasteiger partial charge on any atom is 0.331 e. The number of aliphatic carboxylic acids is 1. The lowest BCUT2D eigenvalue weighted by atomic mass is 10.3. The van der Waals surface area contributed by atoms with E-state index in [1.165, 1.54) is 14.0 Å². The molecule has 1 aromatic carbocycles. The predicted molar refractivity (Wildman–Crippen MR) is 93.9 cm³/mol. The number of hydrogen-bond acceptors (Lipinski definition) is 5. The number of ether oxygens (including phenoxy) is 1. The van der Waals surface area contributed by atoms with Crippen molar-refractivity contribution in [3.05, 3.63) is 55.8 Å². The summed E-state index contributed by atoms with van der Waals surface area (Å²) in [6, 6.07) is 6.34. The molecule has 0 saturated heterocycles. The minimum atomic E-state index is -1.25. The van der Waals surface area contributed by atoms with Crippen molar-refractivity contribution < 1.29 is 19.4 Å². The Morgan fingerprint density at radius 1 is 1.23 bits per heavy atom. The maximum atomic E-state index is 12.2. The zero-order chi connectivity index (χ0) is 19.4. The summed E-state index contributed by atoms with van der Waals surface area (Å²) in [5, 5.41) is 11.8. The fourth-order valence-corrected chi connectivity index (χ4v) is 2.32. The van der Waals surface area contributed by atoms with Crippen LogP contribution in [0, 0.1) is 6.92 Å². The van der Waals surface area contributed by atoms with E-state index >= 15 is 0 Å². The molecular formula is C16H16ClN3O6. The van der Waals surface area contributed by atoms with Gasteiger partial charge in [0.15, 0.2) is 6.61 Å². The highest BCUT2D eigenvalue weighted by Crippen LogP contribution is 2.15. The Morgan fingerprint density at radius 2 is 1.85 bits per heavy atom. The molecule has 2 N–H and O–H groups in total. The second-order valence-electron chi connectivity index (χ2n) is 5.38. The quantitative estimate of drug-likeness (QED) is 0.756. The van der Waals surface area contributed by atoms with Crippen molar-refractivity contribution in [1.82, 2.24) is 9.13 Å². The molecule has 0 atom stereocenters. The molecule has 0 radical (unpaired) electrons. The molecule has 9 nitrogen and oxygen atoms in total. The molecule has 10 heteroatoms. The number of anilines is 1. The minimum Gasteiger partial charge on any atom is -0.484 e. The summed E-state index contributed by atoms with van der Waals surface area (Å²) in [6.45, 7) is 0.354. The molecule has 138 valence electrons. The number of rotatable bonds is 6. The van der Waals surface area contributed by atoms with Gasteiger partial charge in [-0.25, -0.2) is 4.79 Å². The Balaban J connectivity index is 2.22. The highest BCUT2D eigenvalue weighted by molar-refractivity contribution is 6.30. The standard InChI is InChI=1S/C16H16ClN3O6/c1-9-14(15(24)19(2)16(25)20(9)7-13(22)23)18-12(21)8-26-11-5-3-10(17)4-6-11/h3-6H,7-8H2,1-2H3,(H,18,21)(H,22,23). The summed E-state index contributed by atoms with van der Waals surface area (Å²) in [6.07, 6.45) is 0. The summed E-state index contributed by atoms with van der Waals surface area (Å²) in [5.74, 6) is -1.48. The molecule has 0 aliphatic carbocycles. The van der Waals surface area contributed by atoms with Gasteiger partial charge in [0.2, 0.25) is 0 Å². The van der Waals surface area contributed by atoms with Crippen molar-refractivity contribution in [2.45, 2.75) is 13.5 Å². The van der Waals surface area contributed by atoms with Crippen LogP contribution in [0.25, 0.3) is 0 Å². The van der Waals surface area contributed by atoms with E-state index in [4.69, 9.17) is 21.4 Å². The summed E-state index contributed by atoms with van der Waals surface area (Å²) < 4.78 is 6.90. The molecule has 0 aliphatic heterocycles. The molecule has 0 spiro atoms. The number of nitrogens with one attached hydrogen (secondary N) is 1. The summed E-state index contributed by atoms with van der Waals surface area (Å²) in [7, 11) is 1.20. The lowest BCUT2D eigenvalue weighted by Crippen LogP contribution is -2.42. The van der Waals surface area contributed by atoms with Crippen LogP contribution in [0.5, 0.6) is 5.75 Å². The first-order chi connectivity index (χ1) is 12.2. The highest BCUT2D eigenvalue weighted by atomic mass is 35.5. The number of nitrogens with zero attached hydrogens (tertiary/aromatic N) is 2. The number of carboxylic acid groups (broad SMARTS) is 1. The maximum absolute atomic E-state index is 12.2. The number of benzene rings is 1. The molecule has 0 saturated carbocycles. The van der Waals surface area contributed by atoms with Crippen LogP contribution in [0.15, 0.2) is 33.9 Å². The van der Waals surface area contributed by atoms with Gasteiger partial charge in [-0.2, -0.15) is 0 Å². The van der Waals surface area contributed by atoms with Crippen LogP contribution in [-0.2, 0) is 23.2 Å². The molecule has 2 aromatic rings. The second kappa shape index (κ2) is 7.87. The van der Waals surface area contributed by atoms with Gasteiger partial charge in [0.1, 0.15) is 18.0 Å². The van der Waals surface area contributed by atoms with E-state index in [1.54, 1.807) is 24.3 Å². The van der Waals surface area contributed by atoms with Gasteiger partial charge >= 0.3 is 11.7 Å². The number of hydrogen-bond donors (Lipinski definition) is 2. The Bertz CT molecular complexity index is 962. The van der Waals surface area contributed by atoms with E-state index in [-0.39, 0.29) is 18.0 Å². The van der Waals surface area contributed by atoms with Gasteiger partial charge in [-0.1, -0.05) is 11.6 Å². The van der Waals surface area contributed by atoms with Crippen molar-refractivity contribution in [2.24, 2.45) is 7.05 Å². The largest absolute Gasteiger partial charge is 0.484 e. The van der Waals surface area contributed by atoms with E-state index in [9.17, 15) is 19.2 Å². The summed E-state index contributed by atoms with van der Waals surface area (Å²) >= 11 is 5.75. The van der Waals surface area contributed by atoms with Gasteiger partial charge in [-0.3, -0.25) is 23.5 Å². The van der Waals surface area contributed by atoms with Crippen LogP contribution < -0.4 is 21.3 Å². The monoisotopic (exact) mass is 381 g/mol. The highest BCUT2D eigenvalue weighted by Gasteiger charge is 2.18. The SMILES string of the molecule is Cc1c(NC(=O)COc2ccc(Cl)cc2)c(=O)n(C)c(=O)n1CC(=O)O. The number of carbonyl (C=O) groups excluding carboxylic acids is 1. The Labute approximate surface area is 152 Å². The predicted octanol–water partition coefficient (Wildman–Crippen LogP) is 0.611. The van der Waals surface area contributed by atoms with E-state index in [1.807, 2.05) is 0 Å². The van der Waals surface area contributed by atoms with Crippen molar-refractivity contribution >= 4 is 29.2 Å². The second-order valence-corrected chi connectivity index (χ2v) is 5.81. The molecule has 0 aliphatic rings. The number of carboxylic acids is 1.